The summed E-state index contributed by atoms with van der Waals surface area (Å²) in [6.45, 7) is 2.43. The Labute approximate surface area is 106 Å². The lowest BCUT2D eigenvalue weighted by atomic mass is 10.1. The summed E-state index contributed by atoms with van der Waals surface area (Å²) in [5.41, 5.74) is 0.329. The first kappa shape index (κ1) is 12.4. The maximum Gasteiger partial charge on any atom is 0.338 e. The van der Waals surface area contributed by atoms with Crippen molar-refractivity contribution in [2.45, 2.75) is 19.8 Å². The predicted octanol–water partition coefficient (Wildman–Crippen LogP) is 3.94. The van der Waals surface area contributed by atoms with Crippen molar-refractivity contribution in [1.29, 1.82) is 0 Å². The minimum Gasteiger partial charge on any atom is -0.462 e. The number of esters is 1. The number of carbonyl (C=O) groups excluding carboxylic acids is 1. The van der Waals surface area contributed by atoms with E-state index in [0.717, 1.165) is 18.2 Å². The summed E-state index contributed by atoms with van der Waals surface area (Å²) < 4.78 is 5.09. The summed E-state index contributed by atoms with van der Waals surface area (Å²) in [6, 6.07) is 10.3. The maximum absolute atomic E-state index is 11.8. The molecule has 93 valence electrons. The van der Waals surface area contributed by atoms with Crippen LogP contribution >= 0.6 is 0 Å². The Bertz CT molecular complexity index is 561. The van der Waals surface area contributed by atoms with E-state index in [9.17, 15) is 9.90 Å². The molecule has 3 heteroatoms. The summed E-state index contributed by atoms with van der Waals surface area (Å²) in [5.74, 6) is -0.568. The number of hydrogen-bond acceptors (Lipinski definition) is 2. The van der Waals surface area contributed by atoms with Crippen LogP contribution in [0.15, 0.2) is 36.4 Å². The van der Waals surface area contributed by atoms with Crippen molar-refractivity contribution >= 4 is 16.7 Å². The SMILES string of the molecule is CCCCOC(=O)c1cc([O])c2ccccc2c1. The van der Waals surface area contributed by atoms with Crippen LogP contribution < -0.4 is 0 Å². The molecule has 0 aliphatic rings. The lowest BCUT2D eigenvalue weighted by Crippen LogP contribution is -2.06. The van der Waals surface area contributed by atoms with Gasteiger partial charge in [-0.25, -0.2) is 4.79 Å². The molecule has 2 rings (SSSR count). The number of unbranched alkanes of at least 4 members (excludes halogenated alkanes) is 1. The Balaban J connectivity index is 2.26. The zero-order valence-electron chi connectivity index (χ0n) is 10.3. The maximum atomic E-state index is 11.8. The van der Waals surface area contributed by atoms with Crippen molar-refractivity contribution in [2.75, 3.05) is 6.61 Å². The van der Waals surface area contributed by atoms with Gasteiger partial charge in [0, 0.05) is 11.5 Å². The van der Waals surface area contributed by atoms with E-state index in [0.29, 0.717) is 17.6 Å². The van der Waals surface area contributed by atoms with Gasteiger partial charge in [0.1, 0.15) is 0 Å². The van der Waals surface area contributed by atoms with Crippen molar-refractivity contribution in [3.8, 4) is 5.75 Å². The molecule has 0 N–H and O–H groups in total. The van der Waals surface area contributed by atoms with E-state index in [1.807, 2.05) is 25.1 Å². The molecule has 0 saturated carbocycles. The molecule has 0 bridgehead atoms. The van der Waals surface area contributed by atoms with E-state index >= 15 is 0 Å². The Morgan fingerprint density at radius 1 is 1.22 bits per heavy atom. The molecule has 0 atom stereocenters. The smallest absolute Gasteiger partial charge is 0.338 e. The lowest BCUT2D eigenvalue weighted by Gasteiger charge is -2.05. The fourth-order valence-electron chi connectivity index (χ4n) is 1.79. The van der Waals surface area contributed by atoms with E-state index in [4.69, 9.17) is 4.74 Å². The summed E-state index contributed by atoms with van der Waals surface area (Å²) in [4.78, 5) is 11.8. The molecule has 0 spiro atoms. The van der Waals surface area contributed by atoms with Gasteiger partial charge in [-0.1, -0.05) is 37.6 Å². The van der Waals surface area contributed by atoms with Gasteiger partial charge in [0.15, 0.2) is 5.75 Å². The van der Waals surface area contributed by atoms with E-state index in [1.165, 1.54) is 6.07 Å². The predicted molar refractivity (Wildman–Crippen MR) is 69.3 cm³/mol. The van der Waals surface area contributed by atoms with E-state index in [2.05, 4.69) is 0 Å². The molecule has 18 heavy (non-hydrogen) atoms. The second-order valence-electron chi connectivity index (χ2n) is 4.18. The molecule has 3 nitrogen and oxygen atoms in total. The van der Waals surface area contributed by atoms with Gasteiger partial charge in [0.05, 0.1) is 12.2 Å². The van der Waals surface area contributed by atoms with E-state index in [1.54, 1.807) is 12.1 Å². The molecule has 0 amide bonds. The van der Waals surface area contributed by atoms with Crippen LogP contribution in [0.5, 0.6) is 5.75 Å². The van der Waals surface area contributed by atoms with E-state index in [-0.39, 0.29) is 5.75 Å². The molecule has 0 aliphatic heterocycles. The highest BCUT2D eigenvalue weighted by atomic mass is 16.5. The van der Waals surface area contributed by atoms with Crippen molar-refractivity contribution < 1.29 is 14.6 Å². The van der Waals surface area contributed by atoms with Crippen molar-refractivity contribution in [2.24, 2.45) is 0 Å². The normalized spacial score (nSPS) is 10.5. The van der Waals surface area contributed by atoms with Gasteiger partial charge in [0.25, 0.3) is 0 Å². The molecule has 0 heterocycles. The standard InChI is InChI=1S/C15H15O3/c1-2-3-8-18-15(17)12-9-11-6-4-5-7-13(11)14(16)10-12/h4-7,9-10H,2-3,8H2,1H3. The van der Waals surface area contributed by atoms with Crippen LogP contribution in [-0.2, 0) is 9.84 Å². The average molecular weight is 243 g/mol. The van der Waals surface area contributed by atoms with Gasteiger partial charge in [-0.05, 0) is 17.9 Å². The number of rotatable bonds is 4. The van der Waals surface area contributed by atoms with Crippen molar-refractivity contribution in [1.82, 2.24) is 0 Å². The number of benzene rings is 2. The first-order valence-corrected chi connectivity index (χ1v) is 6.09. The summed E-state index contributed by atoms with van der Waals surface area (Å²) >= 11 is 0. The monoisotopic (exact) mass is 243 g/mol. The Morgan fingerprint density at radius 3 is 2.78 bits per heavy atom. The molecule has 1 radical (unpaired) electrons. The van der Waals surface area contributed by atoms with Crippen molar-refractivity contribution in [3.63, 3.8) is 0 Å². The Hall–Kier alpha value is -2.03. The largest absolute Gasteiger partial charge is 0.462 e. The molecule has 0 aliphatic carbocycles. The summed E-state index contributed by atoms with van der Waals surface area (Å²) in [5, 5.41) is 13.2. The molecule has 0 fully saturated rings. The minimum atomic E-state index is -0.425. The molecule has 0 saturated heterocycles. The number of hydrogen-bond donors (Lipinski definition) is 0. The first-order chi connectivity index (χ1) is 8.72. The van der Waals surface area contributed by atoms with Gasteiger partial charge in [0.2, 0.25) is 0 Å². The Kier molecular flexibility index (Phi) is 3.82. The highest BCUT2D eigenvalue weighted by molar-refractivity contribution is 5.98. The summed E-state index contributed by atoms with van der Waals surface area (Å²) in [6.07, 6.45) is 1.81. The van der Waals surface area contributed by atoms with Gasteiger partial charge in [-0.15, -0.1) is 0 Å². The molecular formula is C15H15O3. The summed E-state index contributed by atoms with van der Waals surface area (Å²) in [7, 11) is 0. The van der Waals surface area contributed by atoms with E-state index < -0.39 is 5.97 Å². The molecular weight excluding hydrogens is 228 g/mol. The zero-order chi connectivity index (χ0) is 13.0. The highest BCUT2D eigenvalue weighted by Crippen LogP contribution is 2.27. The second kappa shape index (κ2) is 5.54. The van der Waals surface area contributed by atoms with Crippen LogP contribution in [0.4, 0.5) is 0 Å². The molecule has 0 aromatic heterocycles. The fourth-order valence-corrected chi connectivity index (χ4v) is 1.79. The third kappa shape index (κ3) is 2.62. The Morgan fingerprint density at radius 2 is 2.00 bits per heavy atom. The lowest BCUT2D eigenvalue weighted by molar-refractivity contribution is 0.0499. The zero-order valence-corrected chi connectivity index (χ0v) is 10.3. The van der Waals surface area contributed by atoms with Crippen LogP contribution in [0.2, 0.25) is 0 Å². The highest BCUT2D eigenvalue weighted by Gasteiger charge is 2.11. The van der Waals surface area contributed by atoms with Crippen LogP contribution in [0.1, 0.15) is 30.1 Å². The van der Waals surface area contributed by atoms with Crippen LogP contribution in [0, 0.1) is 0 Å². The molecule has 2 aromatic rings. The minimum absolute atomic E-state index is 0.143. The number of ether oxygens (including phenoxy) is 1. The number of fused-ring (bicyclic) bond motifs is 1. The van der Waals surface area contributed by atoms with Gasteiger partial charge in [-0.2, -0.15) is 0 Å². The quantitative estimate of drug-likeness (QED) is 0.603. The molecule has 0 unspecified atom stereocenters. The first-order valence-electron chi connectivity index (χ1n) is 6.09. The van der Waals surface area contributed by atoms with Gasteiger partial charge >= 0.3 is 5.97 Å². The van der Waals surface area contributed by atoms with Crippen LogP contribution in [-0.4, -0.2) is 12.6 Å². The number of carbonyl (C=O) groups is 1. The topological polar surface area (TPSA) is 46.2 Å². The molecule has 2 aromatic carbocycles. The third-order valence-corrected chi connectivity index (χ3v) is 2.79. The fraction of sp³-hybridized carbons (Fsp3) is 0.267. The van der Waals surface area contributed by atoms with Crippen molar-refractivity contribution in [3.05, 3.63) is 42.0 Å². The van der Waals surface area contributed by atoms with Gasteiger partial charge in [-0.3, -0.25) is 5.11 Å². The van der Waals surface area contributed by atoms with Gasteiger partial charge < -0.3 is 4.74 Å². The van der Waals surface area contributed by atoms with Crippen LogP contribution in [0.25, 0.3) is 10.8 Å². The average Bonchev–Trinajstić information content (AvgIpc) is 2.39. The van der Waals surface area contributed by atoms with Crippen LogP contribution in [0.3, 0.4) is 0 Å². The second-order valence-corrected chi connectivity index (χ2v) is 4.18. The third-order valence-electron chi connectivity index (χ3n) is 2.79.